The van der Waals surface area contributed by atoms with Crippen LogP contribution in [0.4, 0.5) is 18.9 Å². The van der Waals surface area contributed by atoms with Crippen LogP contribution < -0.4 is 10.9 Å². The molecular formula is C18H11F3N4O. The highest BCUT2D eigenvalue weighted by atomic mass is 19.1. The zero-order valence-corrected chi connectivity index (χ0v) is 13.2. The Morgan fingerprint density at radius 2 is 2.04 bits per heavy atom. The number of aromatic amines is 1. The zero-order valence-electron chi connectivity index (χ0n) is 13.2. The number of nitriles is 1. The van der Waals surface area contributed by atoms with E-state index in [4.69, 9.17) is 5.26 Å². The maximum atomic E-state index is 14.6. The van der Waals surface area contributed by atoms with Crippen molar-refractivity contribution in [1.82, 2.24) is 10.2 Å². The Labute approximate surface area is 145 Å². The van der Waals surface area contributed by atoms with Crippen molar-refractivity contribution >= 4 is 16.5 Å². The number of aromatic nitrogens is 2. The molecule has 1 aliphatic heterocycles. The van der Waals surface area contributed by atoms with Gasteiger partial charge in [-0.15, -0.1) is 0 Å². The lowest BCUT2D eigenvalue weighted by Crippen LogP contribution is -2.36. The summed E-state index contributed by atoms with van der Waals surface area (Å²) in [5, 5.41) is 18.4. The van der Waals surface area contributed by atoms with Crippen LogP contribution in [0.2, 0.25) is 0 Å². The molecule has 130 valence electrons. The molecule has 5 nitrogen and oxygen atoms in total. The summed E-state index contributed by atoms with van der Waals surface area (Å²) in [6.45, 7) is -0.873. The molecule has 4 rings (SSSR count). The number of rotatable bonds is 2. The molecule has 3 aromatic rings. The van der Waals surface area contributed by atoms with Crippen molar-refractivity contribution in [1.29, 1.82) is 5.26 Å². The molecule has 0 amide bonds. The maximum absolute atomic E-state index is 14.6. The predicted molar refractivity (Wildman–Crippen MR) is 88.7 cm³/mol. The monoisotopic (exact) mass is 356 g/mol. The Hall–Kier alpha value is -3.34. The number of benzene rings is 2. The first kappa shape index (κ1) is 16.1. The Morgan fingerprint density at radius 1 is 1.23 bits per heavy atom. The first-order valence-electron chi connectivity index (χ1n) is 7.77. The largest absolute Gasteiger partial charge is 0.378 e. The number of alkyl halides is 1. The quantitative estimate of drug-likeness (QED) is 0.740. The van der Waals surface area contributed by atoms with E-state index in [2.05, 4.69) is 15.5 Å². The summed E-state index contributed by atoms with van der Waals surface area (Å²) in [6, 6.07) is 7.03. The fraction of sp³-hybridized carbons (Fsp3) is 0.167. The molecule has 1 aliphatic rings. The van der Waals surface area contributed by atoms with Crippen molar-refractivity contribution in [2.75, 3.05) is 12.0 Å². The molecule has 0 radical (unpaired) electrons. The lowest BCUT2D eigenvalue weighted by atomic mass is 9.83. The summed E-state index contributed by atoms with van der Waals surface area (Å²) in [7, 11) is 0. The number of H-pyrrole nitrogens is 1. The third-order valence-electron chi connectivity index (χ3n) is 4.55. The highest BCUT2D eigenvalue weighted by molar-refractivity contribution is 5.97. The van der Waals surface area contributed by atoms with Crippen LogP contribution in [0.15, 0.2) is 35.1 Å². The highest BCUT2D eigenvalue weighted by Gasteiger charge is 2.35. The molecule has 0 fully saturated rings. The SMILES string of the molecule is N#Cc1ccc([C@@H]2c3n[nH]c(=O)c4cc(F)cc(c34)N[C@H]2CF)c(F)c1. The lowest BCUT2D eigenvalue weighted by Gasteiger charge is -2.32. The van der Waals surface area contributed by atoms with E-state index in [0.717, 1.165) is 18.2 Å². The number of hydrogen-bond donors (Lipinski definition) is 2. The molecule has 0 spiro atoms. The average Bonchev–Trinajstić information content (AvgIpc) is 2.63. The zero-order chi connectivity index (χ0) is 18.4. The van der Waals surface area contributed by atoms with Crippen LogP contribution in [-0.4, -0.2) is 22.9 Å². The molecule has 0 bridgehead atoms. The Bertz CT molecular complexity index is 1140. The van der Waals surface area contributed by atoms with Gasteiger partial charge >= 0.3 is 0 Å². The summed E-state index contributed by atoms with van der Waals surface area (Å²) in [6.07, 6.45) is 0. The van der Waals surface area contributed by atoms with E-state index < -0.39 is 35.8 Å². The molecule has 0 saturated carbocycles. The van der Waals surface area contributed by atoms with E-state index in [1.807, 2.05) is 6.07 Å². The van der Waals surface area contributed by atoms with Gasteiger partial charge in [-0.3, -0.25) is 4.79 Å². The summed E-state index contributed by atoms with van der Waals surface area (Å²) < 4.78 is 42.1. The van der Waals surface area contributed by atoms with Gasteiger partial charge in [0, 0.05) is 11.1 Å². The first-order valence-corrected chi connectivity index (χ1v) is 7.77. The molecule has 0 saturated heterocycles. The molecule has 1 aromatic heterocycles. The van der Waals surface area contributed by atoms with Gasteiger partial charge in [-0.1, -0.05) is 6.07 Å². The molecule has 2 N–H and O–H groups in total. The fourth-order valence-corrected chi connectivity index (χ4v) is 3.44. The van der Waals surface area contributed by atoms with Gasteiger partial charge in [-0.05, 0) is 29.8 Å². The third-order valence-corrected chi connectivity index (χ3v) is 4.55. The Kier molecular flexibility index (Phi) is 3.65. The van der Waals surface area contributed by atoms with Crippen molar-refractivity contribution in [2.45, 2.75) is 12.0 Å². The van der Waals surface area contributed by atoms with Crippen LogP contribution >= 0.6 is 0 Å². The Balaban J connectivity index is 2.02. The number of halogens is 3. The summed E-state index contributed by atoms with van der Waals surface area (Å²) in [5.74, 6) is -2.19. The first-order chi connectivity index (χ1) is 12.5. The topological polar surface area (TPSA) is 81.6 Å². The van der Waals surface area contributed by atoms with E-state index >= 15 is 0 Å². The molecule has 2 heterocycles. The predicted octanol–water partition coefficient (Wildman–Crippen LogP) is 2.97. The van der Waals surface area contributed by atoms with E-state index in [1.54, 1.807) is 0 Å². The van der Waals surface area contributed by atoms with E-state index in [0.29, 0.717) is 5.39 Å². The van der Waals surface area contributed by atoms with Gasteiger partial charge in [0.2, 0.25) is 0 Å². The smallest absolute Gasteiger partial charge is 0.272 e. The van der Waals surface area contributed by atoms with Gasteiger partial charge in [-0.25, -0.2) is 18.3 Å². The van der Waals surface area contributed by atoms with E-state index in [-0.39, 0.29) is 27.9 Å². The molecule has 2 atom stereocenters. The van der Waals surface area contributed by atoms with Gasteiger partial charge in [0.1, 0.15) is 18.3 Å². The summed E-state index contributed by atoms with van der Waals surface area (Å²) >= 11 is 0. The van der Waals surface area contributed by atoms with Crippen LogP contribution in [0.5, 0.6) is 0 Å². The van der Waals surface area contributed by atoms with Crippen molar-refractivity contribution < 1.29 is 13.2 Å². The second kappa shape index (κ2) is 5.88. The minimum absolute atomic E-state index is 0.0499. The standard InChI is InChI=1S/C18H11F3N4O/c19-6-14-15(10-2-1-8(7-22)3-12(10)21)17-16-11(18(26)25-24-17)4-9(20)5-13(16)23-14/h1-5,14-15,23H,6H2,(H,25,26)/t14-,15-/m0/s1. The van der Waals surface area contributed by atoms with Crippen molar-refractivity contribution in [3.63, 3.8) is 0 Å². The van der Waals surface area contributed by atoms with Crippen LogP contribution in [0.3, 0.4) is 0 Å². The molecule has 26 heavy (non-hydrogen) atoms. The highest BCUT2D eigenvalue weighted by Crippen LogP contribution is 2.41. The number of hydrogen-bond acceptors (Lipinski definition) is 4. The second-order valence-corrected chi connectivity index (χ2v) is 6.04. The van der Waals surface area contributed by atoms with E-state index in [9.17, 15) is 18.0 Å². The molecule has 0 unspecified atom stereocenters. The molecule has 0 aliphatic carbocycles. The van der Waals surface area contributed by atoms with Crippen molar-refractivity contribution in [2.24, 2.45) is 0 Å². The summed E-state index contributed by atoms with van der Waals surface area (Å²) in [5.41, 5.74) is 0.161. The Morgan fingerprint density at radius 3 is 2.73 bits per heavy atom. The van der Waals surface area contributed by atoms with Gasteiger partial charge in [0.05, 0.1) is 34.7 Å². The van der Waals surface area contributed by atoms with E-state index in [1.165, 1.54) is 12.1 Å². The van der Waals surface area contributed by atoms with Gasteiger partial charge in [0.25, 0.3) is 5.56 Å². The fourth-order valence-electron chi connectivity index (χ4n) is 3.44. The number of nitrogens with one attached hydrogen (secondary N) is 2. The third kappa shape index (κ3) is 2.32. The van der Waals surface area contributed by atoms with Crippen molar-refractivity contribution in [3.8, 4) is 6.07 Å². The molecular weight excluding hydrogens is 345 g/mol. The normalized spacial score (nSPS) is 18.4. The number of anilines is 1. The molecule has 8 heteroatoms. The van der Waals surface area contributed by atoms with Crippen LogP contribution in [0, 0.1) is 23.0 Å². The van der Waals surface area contributed by atoms with Gasteiger partial charge in [-0.2, -0.15) is 10.4 Å². The second-order valence-electron chi connectivity index (χ2n) is 6.04. The minimum Gasteiger partial charge on any atom is -0.378 e. The summed E-state index contributed by atoms with van der Waals surface area (Å²) in [4.78, 5) is 12.0. The lowest BCUT2D eigenvalue weighted by molar-refractivity contribution is 0.412. The van der Waals surface area contributed by atoms with Crippen LogP contribution in [-0.2, 0) is 0 Å². The van der Waals surface area contributed by atoms with Crippen molar-refractivity contribution in [3.05, 3.63) is 69.1 Å². The van der Waals surface area contributed by atoms with Gasteiger partial charge in [0.15, 0.2) is 0 Å². The van der Waals surface area contributed by atoms with Crippen LogP contribution in [0.25, 0.3) is 10.8 Å². The maximum Gasteiger partial charge on any atom is 0.272 e. The average molecular weight is 356 g/mol. The minimum atomic E-state index is -0.909. The van der Waals surface area contributed by atoms with Crippen LogP contribution in [0.1, 0.15) is 22.7 Å². The van der Waals surface area contributed by atoms with Gasteiger partial charge < -0.3 is 5.32 Å². The number of nitrogens with zero attached hydrogens (tertiary/aromatic N) is 2. The molecule has 2 aromatic carbocycles.